The van der Waals surface area contributed by atoms with E-state index in [9.17, 15) is 0 Å². The third kappa shape index (κ3) is 4.96. The van der Waals surface area contributed by atoms with Crippen molar-refractivity contribution in [2.75, 3.05) is 0 Å². The van der Waals surface area contributed by atoms with Crippen LogP contribution in [0.5, 0.6) is 0 Å². The van der Waals surface area contributed by atoms with Gasteiger partial charge in [0, 0.05) is 11.9 Å². The Morgan fingerprint density at radius 3 is 2.93 bits per heavy atom. The highest BCUT2D eigenvalue weighted by atomic mass is 14.7. The van der Waals surface area contributed by atoms with Crippen molar-refractivity contribution < 1.29 is 0 Å². The Balaban J connectivity index is 2.34. The van der Waals surface area contributed by atoms with Crippen molar-refractivity contribution in [1.82, 2.24) is 4.98 Å². The lowest BCUT2D eigenvalue weighted by molar-refractivity contribution is 0.939. The van der Waals surface area contributed by atoms with Crippen molar-refractivity contribution in [2.45, 2.75) is 19.8 Å². The fourth-order valence-electron chi connectivity index (χ4n) is 1.28. The van der Waals surface area contributed by atoms with Crippen LogP contribution in [-0.4, -0.2) is 4.98 Å². The van der Waals surface area contributed by atoms with Gasteiger partial charge >= 0.3 is 0 Å². The molecule has 1 heterocycles. The monoisotopic (exact) mass is 199 g/mol. The Hall–Kier alpha value is -1.63. The summed E-state index contributed by atoms with van der Waals surface area (Å²) in [6.45, 7) is 5.70. The van der Waals surface area contributed by atoms with Crippen LogP contribution in [-0.2, 0) is 6.42 Å². The SMILES string of the molecule is C=C/C=C\C=C\CCc1cc(C)ccn1. The van der Waals surface area contributed by atoms with Crippen molar-refractivity contribution in [3.05, 3.63) is 66.5 Å². The summed E-state index contributed by atoms with van der Waals surface area (Å²) in [4.78, 5) is 4.31. The molecule has 1 heteroatoms. The van der Waals surface area contributed by atoms with Crippen molar-refractivity contribution in [3.8, 4) is 0 Å². The van der Waals surface area contributed by atoms with Gasteiger partial charge in [0.15, 0.2) is 0 Å². The topological polar surface area (TPSA) is 12.9 Å². The minimum Gasteiger partial charge on any atom is -0.261 e. The minimum absolute atomic E-state index is 1.00. The number of nitrogens with zero attached hydrogens (tertiary/aromatic N) is 1. The molecule has 0 aliphatic heterocycles. The first-order valence-electron chi connectivity index (χ1n) is 5.18. The maximum Gasteiger partial charge on any atom is 0.0409 e. The Kier molecular flexibility index (Phi) is 5.16. The van der Waals surface area contributed by atoms with Gasteiger partial charge in [-0.25, -0.2) is 0 Å². The highest BCUT2D eigenvalue weighted by molar-refractivity contribution is 5.15. The number of hydrogen-bond donors (Lipinski definition) is 0. The second-order valence-corrected chi connectivity index (χ2v) is 3.41. The smallest absolute Gasteiger partial charge is 0.0409 e. The molecule has 0 bridgehead atoms. The number of aromatic nitrogens is 1. The second kappa shape index (κ2) is 6.77. The van der Waals surface area contributed by atoms with Crippen LogP contribution in [0.25, 0.3) is 0 Å². The van der Waals surface area contributed by atoms with Gasteiger partial charge in [0.2, 0.25) is 0 Å². The minimum atomic E-state index is 1.00. The van der Waals surface area contributed by atoms with Crippen LogP contribution in [0, 0.1) is 6.92 Å². The first kappa shape index (κ1) is 11.4. The third-order valence-electron chi connectivity index (χ3n) is 2.03. The van der Waals surface area contributed by atoms with E-state index < -0.39 is 0 Å². The zero-order chi connectivity index (χ0) is 10.9. The predicted molar refractivity (Wildman–Crippen MR) is 65.8 cm³/mol. The van der Waals surface area contributed by atoms with Crippen LogP contribution in [0.4, 0.5) is 0 Å². The molecule has 1 aromatic heterocycles. The summed E-state index contributed by atoms with van der Waals surface area (Å²) in [6, 6.07) is 4.15. The average Bonchev–Trinajstić information content (AvgIpc) is 2.23. The summed E-state index contributed by atoms with van der Waals surface area (Å²) in [5.41, 5.74) is 2.43. The Bertz CT molecular complexity index is 361. The number of hydrogen-bond acceptors (Lipinski definition) is 1. The number of pyridine rings is 1. The first-order valence-corrected chi connectivity index (χ1v) is 5.18. The molecule has 0 aliphatic carbocycles. The van der Waals surface area contributed by atoms with Crippen molar-refractivity contribution in [1.29, 1.82) is 0 Å². The van der Waals surface area contributed by atoms with Gasteiger partial charge in [0.05, 0.1) is 0 Å². The molecule has 0 spiro atoms. The van der Waals surface area contributed by atoms with E-state index in [1.165, 1.54) is 5.56 Å². The van der Waals surface area contributed by atoms with Crippen LogP contribution in [0.1, 0.15) is 17.7 Å². The van der Waals surface area contributed by atoms with Crippen LogP contribution in [0.2, 0.25) is 0 Å². The standard InChI is InChI=1S/C14H17N/c1-3-4-5-6-7-8-9-14-12-13(2)10-11-15-14/h3-7,10-12H,1,8-9H2,2H3/b5-4-,7-6+. The Morgan fingerprint density at radius 1 is 1.33 bits per heavy atom. The molecule has 0 aliphatic rings. The van der Waals surface area contributed by atoms with Gasteiger partial charge in [0.1, 0.15) is 0 Å². The van der Waals surface area contributed by atoms with E-state index in [0.717, 1.165) is 18.5 Å². The predicted octanol–water partition coefficient (Wildman–Crippen LogP) is 3.62. The van der Waals surface area contributed by atoms with Gasteiger partial charge in [-0.05, 0) is 37.5 Å². The highest BCUT2D eigenvalue weighted by Crippen LogP contribution is 2.03. The van der Waals surface area contributed by atoms with E-state index in [1.807, 2.05) is 30.5 Å². The maximum atomic E-state index is 4.31. The molecule has 0 saturated heterocycles. The summed E-state index contributed by atoms with van der Waals surface area (Å²) in [5, 5.41) is 0. The average molecular weight is 199 g/mol. The summed E-state index contributed by atoms with van der Waals surface area (Å²) in [5.74, 6) is 0. The second-order valence-electron chi connectivity index (χ2n) is 3.41. The zero-order valence-corrected chi connectivity index (χ0v) is 9.19. The highest BCUT2D eigenvalue weighted by Gasteiger charge is 1.92. The molecule has 1 nitrogen and oxygen atoms in total. The normalized spacial score (nSPS) is 11.3. The first-order chi connectivity index (χ1) is 7.33. The molecule has 1 rings (SSSR count). The van der Waals surface area contributed by atoms with Crippen LogP contribution in [0.15, 0.2) is 55.3 Å². The van der Waals surface area contributed by atoms with Crippen LogP contribution < -0.4 is 0 Å². The third-order valence-corrected chi connectivity index (χ3v) is 2.03. The maximum absolute atomic E-state index is 4.31. The fraction of sp³-hybridized carbons (Fsp3) is 0.214. The molecule has 0 fully saturated rings. The molecule has 78 valence electrons. The lowest BCUT2D eigenvalue weighted by atomic mass is 10.1. The largest absolute Gasteiger partial charge is 0.261 e. The van der Waals surface area contributed by atoms with Crippen LogP contribution in [0.3, 0.4) is 0 Å². The molecule has 1 aromatic rings. The van der Waals surface area contributed by atoms with E-state index >= 15 is 0 Å². The van der Waals surface area contributed by atoms with Crippen LogP contribution >= 0.6 is 0 Å². The van der Waals surface area contributed by atoms with Gasteiger partial charge < -0.3 is 0 Å². The van der Waals surface area contributed by atoms with Gasteiger partial charge in [-0.15, -0.1) is 0 Å². The Morgan fingerprint density at radius 2 is 2.20 bits per heavy atom. The fourth-order valence-corrected chi connectivity index (χ4v) is 1.28. The number of aryl methyl sites for hydroxylation is 2. The van der Waals surface area contributed by atoms with E-state index in [0.29, 0.717) is 0 Å². The summed E-state index contributed by atoms with van der Waals surface area (Å²) in [7, 11) is 0. The molecule has 0 N–H and O–H groups in total. The van der Waals surface area contributed by atoms with Gasteiger partial charge in [-0.2, -0.15) is 0 Å². The van der Waals surface area contributed by atoms with E-state index in [2.05, 4.69) is 30.6 Å². The Labute approximate surface area is 91.9 Å². The van der Waals surface area contributed by atoms with E-state index in [1.54, 1.807) is 6.08 Å². The molecular weight excluding hydrogens is 182 g/mol. The molecule has 0 aromatic carbocycles. The number of rotatable bonds is 5. The number of allylic oxidation sites excluding steroid dienone is 5. The molecular formula is C14H17N. The lowest BCUT2D eigenvalue weighted by Gasteiger charge is -1.97. The summed E-state index contributed by atoms with van der Waals surface area (Å²) >= 11 is 0. The summed E-state index contributed by atoms with van der Waals surface area (Å²) in [6.07, 6.45) is 13.7. The molecule has 0 amide bonds. The van der Waals surface area contributed by atoms with Crippen molar-refractivity contribution >= 4 is 0 Å². The van der Waals surface area contributed by atoms with Gasteiger partial charge in [-0.1, -0.05) is 37.0 Å². The van der Waals surface area contributed by atoms with Crippen molar-refractivity contribution in [2.24, 2.45) is 0 Å². The molecule has 0 radical (unpaired) electrons. The zero-order valence-electron chi connectivity index (χ0n) is 9.19. The molecule has 0 atom stereocenters. The molecule has 0 saturated carbocycles. The van der Waals surface area contributed by atoms with Crippen molar-refractivity contribution in [3.63, 3.8) is 0 Å². The van der Waals surface area contributed by atoms with E-state index in [4.69, 9.17) is 0 Å². The molecule has 0 unspecified atom stereocenters. The summed E-state index contributed by atoms with van der Waals surface area (Å²) < 4.78 is 0. The van der Waals surface area contributed by atoms with Gasteiger partial charge in [-0.3, -0.25) is 4.98 Å². The van der Waals surface area contributed by atoms with Gasteiger partial charge in [0.25, 0.3) is 0 Å². The quantitative estimate of drug-likeness (QED) is 0.660. The lowest BCUT2D eigenvalue weighted by Crippen LogP contribution is -1.88. The van der Waals surface area contributed by atoms with E-state index in [-0.39, 0.29) is 0 Å². The molecule has 15 heavy (non-hydrogen) atoms.